The van der Waals surface area contributed by atoms with Gasteiger partial charge in [-0.3, -0.25) is 4.79 Å². The maximum atomic E-state index is 11.2. The highest BCUT2D eigenvalue weighted by Crippen LogP contribution is 2.19. The first-order chi connectivity index (χ1) is 8.29. The summed E-state index contributed by atoms with van der Waals surface area (Å²) in [4.78, 5) is 13.5. The normalized spacial score (nSPS) is 17.0. The van der Waals surface area contributed by atoms with Crippen LogP contribution in [0, 0.1) is 0 Å². The Morgan fingerprint density at radius 2 is 2.00 bits per heavy atom. The van der Waals surface area contributed by atoms with E-state index in [0.29, 0.717) is 13.0 Å². The number of nitrogens with one attached hydrogen (secondary N) is 1. The molecule has 1 aliphatic rings. The molecule has 4 nitrogen and oxygen atoms in total. The van der Waals surface area contributed by atoms with Crippen LogP contribution >= 0.6 is 0 Å². The van der Waals surface area contributed by atoms with Crippen LogP contribution in [0.15, 0.2) is 24.3 Å². The van der Waals surface area contributed by atoms with E-state index in [2.05, 4.69) is 22.3 Å². The molecular weight excluding hydrogens is 216 g/mol. The molecule has 1 amide bonds. The van der Waals surface area contributed by atoms with Gasteiger partial charge in [0.1, 0.15) is 5.75 Å². The minimum absolute atomic E-state index is 0.166. The number of hydrogen-bond acceptors (Lipinski definition) is 3. The van der Waals surface area contributed by atoms with Crippen molar-refractivity contribution in [1.82, 2.24) is 5.32 Å². The van der Waals surface area contributed by atoms with Crippen molar-refractivity contribution in [3.63, 3.8) is 0 Å². The van der Waals surface area contributed by atoms with E-state index in [-0.39, 0.29) is 5.91 Å². The van der Waals surface area contributed by atoms with Gasteiger partial charge in [-0.15, -0.1) is 0 Å². The molecule has 0 aliphatic carbocycles. The van der Waals surface area contributed by atoms with Gasteiger partial charge >= 0.3 is 0 Å². The number of carbonyl (C=O) groups excluding carboxylic acids is 1. The van der Waals surface area contributed by atoms with Crippen LogP contribution in [0.5, 0.6) is 5.75 Å². The van der Waals surface area contributed by atoms with E-state index in [1.165, 1.54) is 5.69 Å². The first-order valence-corrected chi connectivity index (χ1v) is 5.95. The first-order valence-electron chi connectivity index (χ1n) is 5.95. The summed E-state index contributed by atoms with van der Waals surface area (Å²) >= 11 is 0. The molecule has 2 rings (SSSR count). The quantitative estimate of drug-likeness (QED) is 0.841. The molecule has 1 heterocycles. The smallest absolute Gasteiger partial charge is 0.220 e. The minimum Gasteiger partial charge on any atom is -0.497 e. The zero-order valence-corrected chi connectivity index (χ0v) is 10.1. The molecule has 0 radical (unpaired) electrons. The van der Waals surface area contributed by atoms with E-state index < -0.39 is 0 Å². The van der Waals surface area contributed by atoms with Crippen molar-refractivity contribution in [2.45, 2.75) is 12.8 Å². The van der Waals surface area contributed by atoms with Crippen LogP contribution in [0.4, 0.5) is 5.69 Å². The molecule has 17 heavy (non-hydrogen) atoms. The minimum atomic E-state index is 0.166. The lowest BCUT2D eigenvalue weighted by Gasteiger charge is -2.27. The number of rotatable bonds is 2. The standard InChI is InChI=1S/C13H18N2O2/c1-17-12-6-4-11(5-7-12)15-9-2-3-13(16)14-8-10-15/h4-7H,2-3,8-10H2,1H3,(H,14,16). The highest BCUT2D eigenvalue weighted by Gasteiger charge is 2.11. The highest BCUT2D eigenvalue weighted by atomic mass is 16.5. The first kappa shape index (κ1) is 11.8. The number of anilines is 1. The zero-order chi connectivity index (χ0) is 12.1. The van der Waals surface area contributed by atoms with Gasteiger partial charge in [-0.25, -0.2) is 0 Å². The van der Waals surface area contributed by atoms with Gasteiger partial charge in [-0.05, 0) is 30.7 Å². The van der Waals surface area contributed by atoms with Crippen LogP contribution < -0.4 is 15.0 Å². The van der Waals surface area contributed by atoms with Crippen molar-refractivity contribution in [3.05, 3.63) is 24.3 Å². The van der Waals surface area contributed by atoms with Crippen LogP contribution in [0.2, 0.25) is 0 Å². The molecule has 1 aromatic rings. The highest BCUT2D eigenvalue weighted by molar-refractivity contribution is 5.76. The average molecular weight is 234 g/mol. The fourth-order valence-corrected chi connectivity index (χ4v) is 2.01. The second kappa shape index (κ2) is 5.57. The van der Waals surface area contributed by atoms with Crippen molar-refractivity contribution < 1.29 is 9.53 Å². The van der Waals surface area contributed by atoms with Gasteiger partial charge in [-0.2, -0.15) is 0 Å². The number of hydrogen-bond donors (Lipinski definition) is 1. The molecule has 1 aromatic carbocycles. The molecule has 0 unspecified atom stereocenters. The molecule has 0 atom stereocenters. The van der Waals surface area contributed by atoms with Crippen LogP contribution in [0.3, 0.4) is 0 Å². The Kier molecular flexibility index (Phi) is 3.85. The molecule has 0 saturated carbocycles. The number of nitrogens with zero attached hydrogens (tertiary/aromatic N) is 1. The molecule has 1 saturated heterocycles. The van der Waals surface area contributed by atoms with Crippen molar-refractivity contribution in [1.29, 1.82) is 0 Å². The van der Waals surface area contributed by atoms with Gasteiger partial charge in [0.25, 0.3) is 0 Å². The molecule has 0 aromatic heterocycles. The Hall–Kier alpha value is -1.71. The van der Waals surface area contributed by atoms with Crippen molar-refractivity contribution in [2.24, 2.45) is 0 Å². The lowest BCUT2D eigenvalue weighted by molar-refractivity contribution is -0.121. The Balaban J connectivity index is 2.02. The summed E-state index contributed by atoms with van der Waals surface area (Å²) in [5.74, 6) is 1.04. The molecule has 1 N–H and O–H groups in total. The third kappa shape index (κ3) is 3.12. The van der Waals surface area contributed by atoms with Gasteiger partial charge in [0.2, 0.25) is 5.91 Å². The summed E-state index contributed by atoms with van der Waals surface area (Å²) in [6, 6.07) is 8.05. The number of benzene rings is 1. The summed E-state index contributed by atoms with van der Waals surface area (Å²) in [6.07, 6.45) is 1.52. The lowest BCUT2D eigenvalue weighted by atomic mass is 10.2. The number of amides is 1. The fraction of sp³-hybridized carbons (Fsp3) is 0.462. The summed E-state index contributed by atoms with van der Waals surface area (Å²) in [5.41, 5.74) is 1.18. The van der Waals surface area contributed by atoms with Crippen molar-refractivity contribution in [2.75, 3.05) is 31.6 Å². The van der Waals surface area contributed by atoms with Crippen LogP contribution in [-0.2, 0) is 4.79 Å². The van der Waals surface area contributed by atoms with E-state index in [1.807, 2.05) is 12.1 Å². The van der Waals surface area contributed by atoms with E-state index in [4.69, 9.17) is 4.74 Å². The van der Waals surface area contributed by atoms with Gasteiger partial charge in [-0.1, -0.05) is 0 Å². The maximum absolute atomic E-state index is 11.2. The summed E-state index contributed by atoms with van der Waals surface area (Å²) in [7, 11) is 1.67. The molecule has 0 bridgehead atoms. The van der Waals surface area contributed by atoms with Crippen LogP contribution in [0.1, 0.15) is 12.8 Å². The van der Waals surface area contributed by atoms with Crippen LogP contribution in [0.25, 0.3) is 0 Å². The van der Waals surface area contributed by atoms with Gasteiger partial charge in [0.15, 0.2) is 0 Å². The molecule has 1 aliphatic heterocycles. The summed E-state index contributed by atoms with van der Waals surface area (Å²) in [6.45, 7) is 2.50. The predicted molar refractivity (Wildman–Crippen MR) is 67.5 cm³/mol. The van der Waals surface area contributed by atoms with E-state index in [0.717, 1.165) is 25.3 Å². The number of carbonyl (C=O) groups is 1. The largest absolute Gasteiger partial charge is 0.497 e. The van der Waals surface area contributed by atoms with Crippen molar-refractivity contribution >= 4 is 11.6 Å². The lowest BCUT2D eigenvalue weighted by Crippen LogP contribution is -2.38. The summed E-state index contributed by atoms with van der Waals surface area (Å²) < 4.78 is 5.14. The van der Waals surface area contributed by atoms with E-state index >= 15 is 0 Å². The molecule has 92 valence electrons. The Morgan fingerprint density at radius 1 is 1.24 bits per heavy atom. The van der Waals surface area contributed by atoms with E-state index in [1.54, 1.807) is 7.11 Å². The fourth-order valence-electron chi connectivity index (χ4n) is 2.01. The predicted octanol–water partition coefficient (Wildman–Crippen LogP) is 1.41. The van der Waals surface area contributed by atoms with E-state index in [9.17, 15) is 4.79 Å². The molecular formula is C13H18N2O2. The monoisotopic (exact) mass is 234 g/mol. The Bertz CT molecular complexity index is 364. The zero-order valence-electron chi connectivity index (χ0n) is 10.1. The third-order valence-electron chi connectivity index (χ3n) is 2.97. The number of methoxy groups -OCH3 is 1. The van der Waals surface area contributed by atoms with Crippen molar-refractivity contribution in [3.8, 4) is 5.75 Å². The van der Waals surface area contributed by atoms with Gasteiger partial charge < -0.3 is 15.0 Å². The molecule has 1 fully saturated rings. The van der Waals surface area contributed by atoms with Gasteiger partial charge in [0.05, 0.1) is 7.11 Å². The maximum Gasteiger partial charge on any atom is 0.220 e. The average Bonchev–Trinajstić information content (AvgIpc) is 2.34. The Morgan fingerprint density at radius 3 is 2.71 bits per heavy atom. The van der Waals surface area contributed by atoms with Crippen LogP contribution in [-0.4, -0.2) is 32.7 Å². The molecule has 4 heteroatoms. The van der Waals surface area contributed by atoms with Gasteiger partial charge in [0, 0.05) is 31.7 Å². The third-order valence-corrected chi connectivity index (χ3v) is 2.97. The second-order valence-electron chi connectivity index (χ2n) is 4.14. The number of ether oxygens (including phenoxy) is 1. The topological polar surface area (TPSA) is 41.6 Å². The second-order valence-corrected chi connectivity index (χ2v) is 4.14. The summed E-state index contributed by atoms with van der Waals surface area (Å²) in [5, 5.41) is 2.90. The molecule has 0 spiro atoms. The SMILES string of the molecule is COc1ccc(N2CCCC(=O)NCC2)cc1. The Labute approximate surface area is 102 Å².